The first-order chi connectivity index (χ1) is 11.3. The van der Waals surface area contributed by atoms with Gasteiger partial charge in [0, 0.05) is 31.5 Å². The van der Waals surface area contributed by atoms with Gasteiger partial charge in [-0.05, 0) is 31.2 Å². The Bertz CT molecular complexity index is 902. The Morgan fingerprint density at radius 2 is 1.88 bits per heavy atom. The molecule has 2 aromatic heterocycles. The molecule has 0 spiro atoms. The molecule has 0 aliphatic heterocycles. The maximum atomic E-state index is 12.3. The molecule has 0 radical (unpaired) electrons. The van der Waals surface area contributed by atoms with Crippen molar-refractivity contribution in [2.24, 2.45) is 14.1 Å². The van der Waals surface area contributed by atoms with Crippen molar-refractivity contribution in [2.45, 2.75) is 6.92 Å². The molecule has 1 N–H and O–H groups in total. The van der Waals surface area contributed by atoms with Crippen molar-refractivity contribution in [2.75, 3.05) is 7.11 Å². The van der Waals surface area contributed by atoms with E-state index in [1.807, 2.05) is 0 Å². The molecule has 0 aromatic carbocycles. The monoisotopic (exact) mass is 330 g/mol. The number of allylic oxidation sites excluding steroid dienone is 1. The Balaban J connectivity index is 2.36. The van der Waals surface area contributed by atoms with Crippen molar-refractivity contribution in [3.8, 4) is 5.75 Å². The average molecular weight is 330 g/mol. The Morgan fingerprint density at radius 1 is 1.21 bits per heavy atom. The Hall–Kier alpha value is -3.09. The first kappa shape index (κ1) is 17.3. The van der Waals surface area contributed by atoms with Crippen LogP contribution in [0.25, 0.3) is 6.08 Å². The summed E-state index contributed by atoms with van der Waals surface area (Å²) >= 11 is 0. The van der Waals surface area contributed by atoms with E-state index in [4.69, 9.17) is 0 Å². The summed E-state index contributed by atoms with van der Waals surface area (Å²) in [4.78, 5) is 36.0. The molecular formula is C17H18N2O5. The van der Waals surface area contributed by atoms with Gasteiger partial charge >= 0.3 is 5.97 Å². The lowest BCUT2D eigenvalue weighted by molar-refractivity contribution is 0.0589. The number of carbonyl (C=O) groups excluding carboxylic acids is 2. The van der Waals surface area contributed by atoms with Crippen molar-refractivity contribution in [3.63, 3.8) is 0 Å². The van der Waals surface area contributed by atoms with Crippen molar-refractivity contribution in [3.05, 3.63) is 57.3 Å². The molecule has 7 nitrogen and oxygen atoms in total. The standard InChI is InChI=1S/C17H18N2O5/c1-10-9-14(21)15(16(22)18(10)2)13(20)8-6-11-5-7-12(19(11)3)17(23)24-4/h5-9,21H,1-4H3/b8-6+. The topological polar surface area (TPSA) is 90.5 Å². The summed E-state index contributed by atoms with van der Waals surface area (Å²) in [5, 5.41) is 9.89. The van der Waals surface area contributed by atoms with Gasteiger partial charge in [-0.25, -0.2) is 4.79 Å². The third-order valence-electron chi connectivity index (χ3n) is 3.86. The molecule has 0 saturated carbocycles. The van der Waals surface area contributed by atoms with Crippen LogP contribution in [0.15, 0.2) is 29.1 Å². The van der Waals surface area contributed by atoms with Crippen LogP contribution in [0.1, 0.15) is 32.2 Å². The number of hydrogen-bond donors (Lipinski definition) is 1. The minimum atomic E-state index is -0.617. The number of carbonyl (C=O) groups is 2. The largest absolute Gasteiger partial charge is 0.507 e. The summed E-state index contributed by atoms with van der Waals surface area (Å²) in [5.74, 6) is -1.46. The molecule has 24 heavy (non-hydrogen) atoms. The van der Waals surface area contributed by atoms with Crippen LogP contribution in [0.5, 0.6) is 5.75 Å². The highest BCUT2D eigenvalue weighted by atomic mass is 16.5. The zero-order valence-corrected chi connectivity index (χ0v) is 13.9. The van der Waals surface area contributed by atoms with Gasteiger partial charge in [0.1, 0.15) is 17.0 Å². The minimum absolute atomic E-state index is 0.290. The second-order valence-corrected chi connectivity index (χ2v) is 5.30. The number of aryl methyl sites for hydroxylation is 1. The SMILES string of the molecule is COC(=O)c1ccc(/C=C/C(=O)c2c(O)cc(C)n(C)c2=O)n1C. The number of ketones is 1. The summed E-state index contributed by atoms with van der Waals surface area (Å²) in [6.07, 6.45) is 2.65. The highest BCUT2D eigenvalue weighted by Gasteiger charge is 2.17. The van der Waals surface area contributed by atoms with Crippen molar-refractivity contribution >= 4 is 17.8 Å². The van der Waals surface area contributed by atoms with Crippen LogP contribution in [0.2, 0.25) is 0 Å². The lowest BCUT2D eigenvalue weighted by Crippen LogP contribution is -2.25. The van der Waals surface area contributed by atoms with Gasteiger partial charge in [0.15, 0.2) is 5.78 Å². The molecule has 0 bridgehead atoms. The normalized spacial score (nSPS) is 11.0. The van der Waals surface area contributed by atoms with Gasteiger partial charge in [-0.15, -0.1) is 0 Å². The summed E-state index contributed by atoms with van der Waals surface area (Å²) < 4.78 is 7.50. The van der Waals surface area contributed by atoms with E-state index in [0.717, 1.165) is 0 Å². The molecule has 0 unspecified atom stereocenters. The van der Waals surface area contributed by atoms with E-state index < -0.39 is 17.3 Å². The summed E-state index contributed by atoms with van der Waals surface area (Å²) in [7, 11) is 4.46. The molecule has 2 aromatic rings. The lowest BCUT2D eigenvalue weighted by atomic mass is 10.1. The Labute approximate surface area is 138 Å². The zero-order valence-electron chi connectivity index (χ0n) is 13.9. The molecule has 0 atom stereocenters. The zero-order chi connectivity index (χ0) is 18.0. The van der Waals surface area contributed by atoms with Crippen LogP contribution >= 0.6 is 0 Å². The third-order valence-corrected chi connectivity index (χ3v) is 3.86. The highest BCUT2D eigenvalue weighted by Crippen LogP contribution is 2.16. The molecule has 7 heteroatoms. The van der Waals surface area contributed by atoms with Gasteiger partial charge in [0.2, 0.25) is 0 Å². The van der Waals surface area contributed by atoms with E-state index in [2.05, 4.69) is 4.74 Å². The van der Waals surface area contributed by atoms with Crippen LogP contribution in [-0.2, 0) is 18.8 Å². The van der Waals surface area contributed by atoms with Gasteiger partial charge in [-0.1, -0.05) is 0 Å². The van der Waals surface area contributed by atoms with Gasteiger partial charge in [-0.2, -0.15) is 0 Å². The number of aromatic nitrogens is 2. The third kappa shape index (κ3) is 3.01. The molecule has 0 saturated heterocycles. The maximum Gasteiger partial charge on any atom is 0.354 e. The van der Waals surface area contributed by atoms with E-state index in [-0.39, 0.29) is 11.3 Å². The van der Waals surface area contributed by atoms with Gasteiger partial charge in [0.25, 0.3) is 5.56 Å². The van der Waals surface area contributed by atoms with Crippen LogP contribution in [0.4, 0.5) is 0 Å². The number of ether oxygens (including phenoxy) is 1. The lowest BCUT2D eigenvalue weighted by Gasteiger charge is -2.07. The van der Waals surface area contributed by atoms with E-state index in [1.165, 1.54) is 36.9 Å². The molecular weight excluding hydrogens is 312 g/mol. The van der Waals surface area contributed by atoms with Crippen LogP contribution in [0, 0.1) is 6.92 Å². The highest BCUT2D eigenvalue weighted by molar-refractivity contribution is 6.08. The fourth-order valence-electron chi connectivity index (χ4n) is 2.28. The van der Waals surface area contributed by atoms with Crippen LogP contribution in [-0.4, -0.2) is 33.1 Å². The van der Waals surface area contributed by atoms with Crippen molar-refractivity contribution in [1.29, 1.82) is 0 Å². The minimum Gasteiger partial charge on any atom is -0.507 e. The summed E-state index contributed by atoms with van der Waals surface area (Å²) in [6, 6.07) is 4.57. The van der Waals surface area contributed by atoms with Crippen molar-refractivity contribution in [1.82, 2.24) is 9.13 Å². The van der Waals surface area contributed by atoms with E-state index in [1.54, 1.807) is 30.7 Å². The Kier molecular flexibility index (Phi) is 4.73. The second kappa shape index (κ2) is 6.57. The summed E-state index contributed by atoms with van der Waals surface area (Å²) in [5.41, 5.74) is 0.597. The molecule has 0 aliphatic rings. The smallest absolute Gasteiger partial charge is 0.354 e. The van der Waals surface area contributed by atoms with E-state index >= 15 is 0 Å². The first-order valence-corrected chi connectivity index (χ1v) is 7.14. The van der Waals surface area contributed by atoms with Crippen LogP contribution < -0.4 is 5.56 Å². The quantitative estimate of drug-likeness (QED) is 0.520. The van der Waals surface area contributed by atoms with Crippen LogP contribution in [0.3, 0.4) is 0 Å². The number of esters is 1. The Morgan fingerprint density at radius 3 is 2.50 bits per heavy atom. The number of aromatic hydroxyl groups is 1. The molecule has 0 amide bonds. The second-order valence-electron chi connectivity index (χ2n) is 5.30. The number of pyridine rings is 1. The molecule has 2 rings (SSSR count). The van der Waals surface area contributed by atoms with Crippen molar-refractivity contribution < 1.29 is 19.4 Å². The van der Waals surface area contributed by atoms with Gasteiger partial charge in [0.05, 0.1) is 7.11 Å². The van der Waals surface area contributed by atoms with Gasteiger partial charge < -0.3 is 19.0 Å². The number of rotatable bonds is 4. The predicted octanol–water partition coefficient (Wildman–Crippen LogP) is 1.42. The maximum absolute atomic E-state index is 12.3. The average Bonchev–Trinajstić information content (AvgIpc) is 2.91. The first-order valence-electron chi connectivity index (χ1n) is 7.14. The molecule has 126 valence electrons. The summed E-state index contributed by atoms with van der Waals surface area (Å²) in [6.45, 7) is 1.66. The predicted molar refractivity (Wildman–Crippen MR) is 88.2 cm³/mol. The fourth-order valence-corrected chi connectivity index (χ4v) is 2.28. The molecule has 0 aliphatic carbocycles. The van der Waals surface area contributed by atoms with E-state index in [0.29, 0.717) is 17.1 Å². The molecule has 0 fully saturated rings. The van der Waals surface area contributed by atoms with Gasteiger partial charge in [-0.3, -0.25) is 9.59 Å². The number of hydrogen-bond acceptors (Lipinski definition) is 5. The van der Waals surface area contributed by atoms with E-state index in [9.17, 15) is 19.5 Å². The number of methoxy groups -OCH3 is 1. The fraction of sp³-hybridized carbons (Fsp3) is 0.235. The number of nitrogens with zero attached hydrogens (tertiary/aromatic N) is 2. The molecule has 2 heterocycles.